The van der Waals surface area contributed by atoms with Crippen LogP contribution in [0.25, 0.3) is 0 Å². The highest BCUT2D eigenvalue weighted by atomic mass is 35.5. The number of rotatable bonds is 4. The number of likely N-dealkylation sites (N-methyl/N-ethyl adjacent to an activating group) is 1. The Bertz CT molecular complexity index is 379. The molecule has 94 valence electrons. The highest BCUT2D eigenvalue weighted by molar-refractivity contribution is 6.31. The Morgan fingerprint density at radius 2 is 2.18 bits per heavy atom. The van der Waals surface area contributed by atoms with Crippen LogP contribution in [0.4, 0.5) is 4.39 Å². The summed E-state index contributed by atoms with van der Waals surface area (Å²) in [4.78, 5) is 0. The summed E-state index contributed by atoms with van der Waals surface area (Å²) in [6, 6.07) is 4.97. The van der Waals surface area contributed by atoms with E-state index in [1.807, 2.05) is 0 Å². The van der Waals surface area contributed by atoms with Gasteiger partial charge in [0.1, 0.15) is 5.82 Å². The molecule has 1 aromatic carbocycles. The minimum absolute atomic E-state index is 0.0994. The van der Waals surface area contributed by atoms with E-state index < -0.39 is 0 Å². The molecule has 17 heavy (non-hydrogen) atoms. The zero-order valence-electron chi connectivity index (χ0n) is 10.4. The van der Waals surface area contributed by atoms with Crippen molar-refractivity contribution in [1.29, 1.82) is 0 Å². The molecular weight excluding hydrogens is 237 g/mol. The SMILES string of the molecule is CCNCC1(c2c(F)cccc2Cl)CC(C)C1. The first-order valence-electron chi connectivity index (χ1n) is 6.24. The number of halogens is 2. The average Bonchev–Trinajstić information content (AvgIpc) is 2.23. The molecule has 0 aromatic heterocycles. The topological polar surface area (TPSA) is 12.0 Å². The van der Waals surface area contributed by atoms with Crippen molar-refractivity contribution in [2.75, 3.05) is 13.1 Å². The first-order chi connectivity index (χ1) is 8.09. The summed E-state index contributed by atoms with van der Waals surface area (Å²) in [6.45, 7) is 5.99. The molecule has 0 radical (unpaired) electrons. The van der Waals surface area contributed by atoms with Crippen LogP contribution in [0.2, 0.25) is 5.02 Å². The third-order valence-corrected chi connectivity index (χ3v) is 4.00. The highest BCUT2D eigenvalue weighted by Crippen LogP contribution is 2.50. The van der Waals surface area contributed by atoms with Crippen LogP contribution < -0.4 is 5.32 Å². The number of nitrogens with one attached hydrogen (secondary N) is 1. The van der Waals surface area contributed by atoms with Crippen molar-refractivity contribution in [3.8, 4) is 0 Å². The van der Waals surface area contributed by atoms with E-state index in [4.69, 9.17) is 11.6 Å². The molecule has 1 aromatic rings. The maximum Gasteiger partial charge on any atom is 0.128 e. The van der Waals surface area contributed by atoms with Crippen molar-refractivity contribution >= 4 is 11.6 Å². The van der Waals surface area contributed by atoms with Crippen LogP contribution in [0.1, 0.15) is 32.3 Å². The number of benzene rings is 1. The van der Waals surface area contributed by atoms with Crippen LogP contribution in [-0.4, -0.2) is 13.1 Å². The molecule has 3 heteroatoms. The summed E-state index contributed by atoms with van der Waals surface area (Å²) < 4.78 is 14.0. The van der Waals surface area contributed by atoms with E-state index in [1.165, 1.54) is 6.07 Å². The summed E-state index contributed by atoms with van der Waals surface area (Å²) in [5, 5.41) is 3.90. The lowest BCUT2D eigenvalue weighted by molar-refractivity contribution is 0.149. The largest absolute Gasteiger partial charge is 0.316 e. The minimum Gasteiger partial charge on any atom is -0.316 e. The monoisotopic (exact) mass is 255 g/mol. The molecule has 0 spiro atoms. The van der Waals surface area contributed by atoms with Crippen molar-refractivity contribution in [2.24, 2.45) is 5.92 Å². The van der Waals surface area contributed by atoms with Gasteiger partial charge in [0.15, 0.2) is 0 Å². The first kappa shape index (κ1) is 12.8. The molecule has 2 rings (SSSR count). The predicted molar refractivity (Wildman–Crippen MR) is 70.0 cm³/mol. The van der Waals surface area contributed by atoms with Gasteiger partial charge in [-0.15, -0.1) is 0 Å². The van der Waals surface area contributed by atoms with Gasteiger partial charge in [-0.3, -0.25) is 0 Å². The lowest BCUT2D eigenvalue weighted by Gasteiger charge is -2.47. The van der Waals surface area contributed by atoms with Gasteiger partial charge in [-0.1, -0.05) is 31.5 Å². The molecule has 0 atom stereocenters. The van der Waals surface area contributed by atoms with E-state index in [9.17, 15) is 4.39 Å². The van der Waals surface area contributed by atoms with Crippen LogP contribution in [0.3, 0.4) is 0 Å². The second-order valence-corrected chi connectivity index (χ2v) is 5.58. The highest BCUT2D eigenvalue weighted by Gasteiger charge is 2.45. The maximum atomic E-state index is 14.0. The molecule has 1 N–H and O–H groups in total. The van der Waals surface area contributed by atoms with Gasteiger partial charge in [0.05, 0.1) is 0 Å². The molecule has 1 aliphatic rings. The van der Waals surface area contributed by atoms with Gasteiger partial charge in [-0.25, -0.2) is 4.39 Å². The van der Waals surface area contributed by atoms with Crippen LogP contribution in [-0.2, 0) is 5.41 Å². The summed E-state index contributed by atoms with van der Waals surface area (Å²) in [7, 11) is 0. The van der Waals surface area contributed by atoms with Gasteiger partial charge in [0.2, 0.25) is 0 Å². The van der Waals surface area contributed by atoms with Gasteiger partial charge in [0, 0.05) is 22.5 Å². The second kappa shape index (κ2) is 4.95. The van der Waals surface area contributed by atoms with Crippen LogP contribution >= 0.6 is 11.6 Å². The summed E-state index contributed by atoms with van der Waals surface area (Å²) in [5.74, 6) is 0.492. The predicted octanol–water partition coefficient (Wildman–Crippen LogP) is 3.76. The van der Waals surface area contributed by atoms with Gasteiger partial charge >= 0.3 is 0 Å². The quantitative estimate of drug-likeness (QED) is 0.864. The lowest BCUT2D eigenvalue weighted by Crippen LogP contribution is -2.48. The average molecular weight is 256 g/mol. The first-order valence-corrected chi connectivity index (χ1v) is 6.62. The van der Waals surface area contributed by atoms with Gasteiger partial charge in [-0.05, 0) is 37.4 Å². The zero-order valence-corrected chi connectivity index (χ0v) is 11.1. The zero-order chi connectivity index (χ0) is 12.5. The molecule has 0 saturated heterocycles. The van der Waals surface area contributed by atoms with Crippen LogP contribution in [0.15, 0.2) is 18.2 Å². The van der Waals surface area contributed by atoms with E-state index in [2.05, 4.69) is 19.2 Å². The van der Waals surface area contributed by atoms with E-state index in [0.717, 1.165) is 25.9 Å². The van der Waals surface area contributed by atoms with Crippen LogP contribution in [0.5, 0.6) is 0 Å². The fourth-order valence-corrected chi connectivity index (χ4v) is 3.44. The second-order valence-electron chi connectivity index (χ2n) is 5.17. The minimum atomic E-state index is -0.165. The molecule has 1 nitrogen and oxygen atoms in total. The third kappa shape index (κ3) is 2.34. The molecule has 1 aliphatic carbocycles. The van der Waals surface area contributed by atoms with Gasteiger partial charge < -0.3 is 5.32 Å². The molecule has 0 unspecified atom stereocenters. The molecule has 1 fully saturated rings. The Balaban J connectivity index is 2.33. The molecular formula is C14H19ClFN. The summed E-state index contributed by atoms with van der Waals surface area (Å²) in [6.07, 6.45) is 2.03. The Morgan fingerprint density at radius 1 is 1.47 bits per heavy atom. The molecule has 0 bridgehead atoms. The molecule has 0 heterocycles. The Kier molecular flexibility index (Phi) is 3.74. The van der Waals surface area contributed by atoms with Crippen molar-refractivity contribution in [1.82, 2.24) is 5.32 Å². The van der Waals surface area contributed by atoms with E-state index >= 15 is 0 Å². The van der Waals surface area contributed by atoms with Crippen molar-refractivity contribution < 1.29 is 4.39 Å². The van der Waals surface area contributed by atoms with Gasteiger partial charge in [-0.2, -0.15) is 0 Å². The maximum absolute atomic E-state index is 14.0. The van der Waals surface area contributed by atoms with Crippen molar-refractivity contribution in [2.45, 2.75) is 32.1 Å². The number of hydrogen-bond acceptors (Lipinski definition) is 1. The standard InChI is InChI=1S/C14H19ClFN/c1-3-17-9-14(7-10(2)8-14)13-11(15)5-4-6-12(13)16/h4-6,10,17H,3,7-9H2,1-2H3. The summed E-state index contributed by atoms with van der Waals surface area (Å²) in [5.41, 5.74) is 0.610. The Morgan fingerprint density at radius 3 is 2.71 bits per heavy atom. The summed E-state index contributed by atoms with van der Waals surface area (Å²) >= 11 is 6.19. The fourth-order valence-electron chi connectivity index (χ4n) is 3.08. The molecule has 1 saturated carbocycles. The molecule has 0 aliphatic heterocycles. The van der Waals surface area contributed by atoms with Crippen molar-refractivity contribution in [3.05, 3.63) is 34.6 Å². The molecule has 0 amide bonds. The van der Waals surface area contributed by atoms with Crippen LogP contribution in [0, 0.1) is 11.7 Å². The third-order valence-electron chi connectivity index (χ3n) is 3.68. The lowest BCUT2D eigenvalue weighted by atomic mass is 9.59. The van der Waals surface area contributed by atoms with E-state index in [-0.39, 0.29) is 11.2 Å². The Labute approximate surface area is 107 Å². The van der Waals surface area contributed by atoms with Gasteiger partial charge in [0.25, 0.3) is 0 Å². The normalized spacial score (nSPS) is 27.9. The number of hydrogen-bond donors (Lipinski definition) is 1. The smallest absolute Gasteiger partial charge is 0.128 e. The fraction of sp³-hybridized carbons (Fsp3) is 0.571. The van der Waals surface area contributed by atoms with E-state index in [0.29, 0.717) is 16.5 Å². The van der Waals surface area contributed by atoms with E-state index in [1.54, 1.807) is 12.1 Å². The Hall–Kier alpha value is -0.600. The van der Waals surface area contributed by atoms with Crippen molar-refractivity contribution in [3.63, 3.8) is 0 Å².